The van der Waals surface area contributed by atoms with Crippen molar-refractivity contribution in [1.82, 2.24) is 4.90 Å². The normalized spacial score (nSPS) is 12.0. The van der Waals surface area contributed by atoms with Gasteiger partial charge in [-0.1, -0.05) is 45.4 Å². The molecule has 0 aliphatic heterocycles. The summed E-state index contributed by atoms with van der Waals surface area (Å²) in [4.78, 5) is 25.7. The molecular weight excluding hydrogens is 306 g/mol. The monoisotopic (exact) mass is 343 g/mol. The molecule has 0 aromatic carbocycles. The van der Waals surface area contributed by atoms with Gasteiger partial charge in [0.2, 0.25) is 0 Å². The third kappa shape index (κ3) is 12.2. The van der Waals surface area contributed by atoms with E-state index in [1.165, 1.54) is 25.7 Å². The van der Waals surface area contributed by atoms with Crippen molar-refractivity contribution in [2.75, 3.05) is 6.54 Å². The van der Waals surface area contributed by atoms with Crippen molar-refractivity contribution in [2.45, 2.75) is 105 Å². The minimum Gasteiger partial charge on any atom is -0.443 e. The molecule has 0 radical (unpaired) electrons. The summed E-state index contributed by atoms with van der Waals surface area (Å²) >= 11 is 0. The van der Waals surface area contributed by atoms with Crippen LogP contribution in [0.4, 0.5) is 9.59 Å². The predicted molar refractivity (Wildman–Crippen MR) is 97.2 cm³/mol. The highest BCUT2D eigenvalue weighted by atomic mass is 16.6. The Hall–Kier alpha value is -1.26. The molecule has 24 heavy (non-hydrogen) atoms. The number of amides is 2. The quantitative estimate of drug-likeness (QED) is 0.514. The van der Waals surface area contributed by atoms with Crippen molar-refractivity contribution >= 4 is 12.2 Å². The Labute approximate surface area is 148 Å². The summed E-state index contributed by atoms with van der Waals surface area (Å²) in [5.74, 6) is 0. The van der Waals surface area contributed by atoms with E-state index in [2.05, 4.69) is 6.92 Å². The fourth-order valence-electron chi connectivity index (χ4n) is 2.12. The van der Waals surface area contributed by atoms with Gasteiger partial charge in [-0.3, -0.25) is 0 Å². The average Bonchev–Trinajstić information content (AvgIpc) is 2.37. The highest BCUT2D eigenvalue weighted by Crippen LogP contribution is 2.16. The maximum atomic E-state index is 12.3. The number of hydrogen-bond acceptors (Lipinski definition) is 4. The maximum Gasteiger partial charge on any atom is 0.419 e. The first-order valence-electron chi connectivity index (χ1n) is 9.20. The zero-order chi connectivity index (χ0) is 18.8. The van der Waals surface area contributed by atoms with Crippen molar-refractivity contribution in [3.8, 4) is 0 Å². The summed E-state index contributed by atoms with van der Waals surface area (Å²) in [6, 6.07) is 0. The Morgan fingerprint density at radius 2 is 1.08 bits per heavy atom. The molecule has 0 N–H and O–H groups in total. The summed E-state index contributed by atoms with van der Waals surface area (Å²) in [6.45, 7) is 13.2. The topological polar surface area (TPSA) is 55.8 Å². The molecule has 142 valence electrons. The van der Waals surface area contributed by atoms with E-state index in [1.54, 1.807) is 41.5 Å². The highest BCUT2D eigenvalue weighted by Gasteiger charge is 2.30. The third-order valence-electron chi connectivity index (χ3n) is 3.21. The van der Waals surface area contributed by atoms with E-state index >= 15 is 0 Å². The standard InChI is InChI=1S/C19H37NO4/c1-8-9-10-11-12-13-14-15-20(16(21)23-18(2,3)4)17(22)24-19(5,6)7/h8-15H2,1-7H3. The second-order valence-electron chi connectivity index (χ2n) is 8.23. The number of imide groups is 1. The van der Waals surface area contributed by atoms with Gasteiger partial charge >= 0.3 is 12.2 Å². The van der Waals surface area contributed by atoms with Crippen LogP contribution in [0.15, 0.2) is 0 Å². The van der Waals surface area contributed by atoms with E-state index in [1.807, 2.05) is 0 Å². The Morgan fingerprint density at radius 1 is 0.708 bits per heavy atom. The smallest absolute Gasteiger partial charge is 0.419 e. The number of ether oxygens (including phenoxy) is 2. The summed E-state index contributed by atoms with van der Waals surface area (Å²) in [6.07, 6.45) is 6.55. The highest BCUT2D eigenvalue weighted by molar-refractivity contribution is 5.88. The second kappa shape index (κ2) is 10.6. The average molecular weight is 344 g/mol. The molecule has 0 bridgehead atoms. The zero-order valence-electron chi connectivity index (χ0n) is 16.7. The third-order valence-corrected chi connectivity index (χ3v) is 3.21. The van der Waals surface area contributed by atoms with Crippen LogP contribution in [0.3, 0.4) is 0 Å². The number of unbranched alkanes of at least 4 members (excludes halogenated alkanes) is 6. The van der Waals surface area contributed by atoms with Crippen LogP contribution in [-0.2, 0) is 9.47 Å². The van der Waals surface area contributed by atoms with Gasteiger partial charge < -0.3 is 9.47 Å². The van der Waals surface area contributed by atoms with E-state index in [0.29, 0.717) is 6.54 Å². The van der Waals surface area contributed by atoms with E-state index < -0.39 is 23.4 Å². The largest absolute Gasteiger partial charge is 0.443 e. The number of rotatable bonds is 8. The first kappa shape index (κ1) is 22.7. The molecule has 0 saturated heterocycles. The van der Waals surface area contributed by atoms with Crippen LogP contribution in [0.2, 0.25) is 0 Å². The Kier molecular flexibility index (Phi) is 10.0. The van der Waals surface area contributed by atoms with Crippen LogP contribution in [0.1, 0.15) is 93.4 Å². The van der Waals surface area contributed by atoms with Gasteiger partial charge in [-0.15, -0.1) is 0 Å². The molecule has 0 heterocycles. The molecular formula is C19H37NO4. The molecule has 0 aliphatic rings. The van der Waals surface area contributed by atoms with Gasteiger partial charge in [-0.2, -0.15) is 0 Å². The summed E-state index contributed by atoms with van der Waals surface area (Å²) < 4.78 is 10.7. The molecule has 0 rings (SSSR count). The molecule has 0 saturated carbocycles. The van der Waals surface area contributed by atoms with Crippen LogP contribution < -0.4 is 0 Å². The lowest BCUT2D eigenvalue weighted by Crippen LogP contribution is -2.44. The zero-order valence-corrected chi connectivity index (χ0v) is 16.7. The van der Waals surface area contributed by atoms with Crippen molar-refractivity contribution in [1.29, 1.82) is 0 Å². The van der Waals surface area contributed by atoms with Gasteiger partial charge in [0.15, 0.2) is 0 Å². The lowest BCUT2D eigenvalue weighted by molar-refractivity contribution is 0.00118. The Bertz CT molecular complexity index is 352. The molecule has 0 aromatic heterocycles. The van der Waals surface area contributed by atoms with Gasteiger partial charge in [0.05, 0.1) is 0 Å². The molecule has 0 fully saturated rings. The van der Waals surface area contributed by atoms with E-state index in [4.69, 9.17) is 9.47 Å². The molecule has 2 amide bonds. The lowest BCUT2D eigenvalue weighted by atomic mass is 10.1. The van der Waals surface area contributed by atoms with Crippen molar-refractivity contribution in [3.63, 3.8) is 0 Å². The first-order valence-corrected chi connectivity index (χ1v) is 9.20. The van der Waals surface area contributed by atoms with Crippen LogP contribution in [0.5, 0.6) is 0 Å². The van der Waals surface area contributed by atoms with Crippen LogP contribution in [0, 0.1) is 0 Å². The SMILES string of the molecule is CCCCCCCCCN(C(=O)OC(C)(C)C)C(=O)OC(C)(C)C. The molecule has 0 spiro atoms. The lowest BCUT2D eigenvalue weighted by Gasteiger charge is -2.28. The van der Waals surface area contributed by atoms with Gasteiger partial charge in [-0.25, -0.2) is 14.5 Å². The maximum absolute atomic E-state index is 12.3. The Morgan fingerprint density at radius 3 is 1.46 bits per heavy atom. The molecule has 5 heteroatoms. The fourth-order valence-corrected chi connectivity index (χ4v) is 2.12. The van der Waals surface area contributed by atoms with Crippen LogP contribution >= 0.6 is 0 Å². The fraction of sp³-hybridized carbons (Fsp3) is 0.895. The predicted octanol–water partition coefficient (Wildman–Crippen LogP) is 5.91. The second-order valence-corrected chi connectivity index (χ2v) is 8.23. The number of carbonyl (C=O) groups excluding carboxylic acids is 2. The van der Waals surface area contributed by atoms with Crippen LogP contribution in [0.25, 0.3) is 0 Å². The van der Waals surface area contributed by atoms with Crippen LogP contribution in [-0.4, -0.2) is 34.8 Å². The van der Waals surface area contributed by atoms with Gasteiger partial charge in [0.1, 0.15) is 11.2 Å². The van der Waals surface area contributed by atoms with E-state index in [0.717, 1.165) is 24.2 Å². The molecule has 0 aromatic rings. The van der Waals surface area contributed by atoms with Gasteiger partial charge in [0.25, 0.3) is 0 Å². The molecule has 5 nitrogen and oxygen atoms in total. The molecule has 0 atom stereocenters. The Balaban J connectivity index is 4.53. The number of nitrogens with zero attached hydrogens (tertiary/aromatic N) is 1. The van der Waals surface area contributed by atoms with Gasteiger partial charge in [-0.05, 0) is 48.0 Å². The van der Waals surface area contributed by atoms with Crippen molar-refractivity contribution < 1.29 is 19.1 Å². The molecule has 0 aliphatic carbocycles. The van der Waals surface area contributed by atoms with Crippen molar-refractivity contribution in [3.05, 3.63) is 0 Å². The minimum absolute atomic E-state index is 0.331. The first-order chi connectivity index (χ1) is 11.0. The molecule has 0 unspecified atom stereocenters. The van der Waals surface area contributed by atoms with Crippen molar-refractivity contribution in [2.24, 2.45) is 0 Å². The summed E-state index contributed by atoms with van der Waals surface area (Å²) in [5.41, 5.74) is -1.28. The van der Waals surface area contributed by atoms with E-state index in [9.17, 15) is 9.59 Å². The van der Waals surface area contributed by atoms with Gasteiger partial charge in [0, 0.05) is 6.54 Å². The number of carbonyl (C=O) groups is 2. The van der Waals surface area contributed by atoms with E-state index in [-0.39, 0.29) is 0 Å². The summed E-state index contributed by atoms with van der Waals surface area (Å²) in [7, 11) is 0. The number of hydrogen-bond donors (Lipinski definition) is 0. The minimum atomic E-state index is -0.641. The summed E-state index contributed by atoms with van der Waals surface area (Å²) in [5, 5.41) is 0.